The highest BCUT2D eigenvalue weighted by Crippen LogP contribution is 2.25. The van der Waals surface area contributed by atoms with E-state index >= 15 is 0 Å². The fraction of sp³-hybridized carbons (Fsp3) is 0.538. The van der Waals surface area contributed by atoms with Crippen molar-refractivity contribution in [2.45, 2.75) is 26.8 Å². The fourth-order valence-electron chi connectivity index (χ4n) is 1.53. The fourth-order valence-corrected chi connectivity index (χ4v) is 1.89. The number of benzene rings is 1. The Labute approximate surface area is 107 Å². The third kappa shape index (κ3) is 3.80. The molecule has 1 atom stereocenters. The average Bonchev–Trinajstić information content (AvgIpc) is 2.22. The lowest BCUT2D eigenvalue weighted by atomic mass is 10.0. The van der Waals surface area contributed by atoms with Crippen molar-refractivity contribution in [1.29, 1.82) is 0 Å². The second-order valence-electron chi connectivity index (χ2n) is 4.43. The van der Waals surface area contributed by atoms with Gasteiger partial charge in [0.1, 0.15) is 0 Å². The summed E-state index contributed by atoms with van der Waals surface area (Å²) >= 11 is 3.56. The van der Waals surface area contributed by atoms with E-state index in [4.69, 9.17) is 4.74 Å². The van der Waals surface area contributed by atoms with Crippen LogP contribution in [0.1, 0.15) is 19.4 Å². The van der Waals surface area contributed by atoms with Crippen molar-refractivity contribution in [2.24, 2.45) is 5.92 Å². The zero-order valence-electron chi connectivity index (χ0n) is 10.4. The number of hydrogen-bond acceptors (Lipinski definition) is 2. The zero-order valence-corrected chi connectivity index (χ0v) is 12.0. The van der Waals surface area contributed by atoms with Crippen LogP contribution in [0.3, 0.4) is 0 Å². The van der Waals surface area contributed by atoms with E-state index in [1.165, 1.54) is 5.56 Å². The molecule has 0 heterocycles. The van der Waals surface area contributed by atoms with Gasteiger partial charge in [0.25, 0.3) is 0 Å². The first-order chi connectivity index (χ1) is 7.54. The molecule has 0 aliphatic heterocycles. The van der Waals surface area contributed by atoms with E-state index in [1.54, 1.807) is 7.11 Å². The number of anilines is 1. The Morgan fingerprint density at radius 2 is 2.06 bits per heavy atom. The van der Waals surface area contributed by atoms with Gasteiger partial charge in [0.2, 0.25) is 0 Å². The van der Waals surface area contributed by atoms with Gasteiger partial charge >= 0.3 is 0 Å². The van der Waals surface area contributed by atoms with Crippen LogP contribution in [0.2, 0.25) is 0 Å². The molecular formula is C13H20BrNO. The third-order valence-electron chi connectivity index (χ3n) is 2.61. The highest BCUT2D eigenvalue weighted by molar-refractivity contribution is 9.10. The number of ether oxygens (including phenoxy) is 1. The number of halogens is 1. The molecule has 0 amide bonds. The van der Waals surface area contributed by atoms with Gasteiger partial charge in [-0.25, -0.2) is 0 Å². The van der Waals surface area contributed by atoms with Gasteiger partial charge in [-0.1, -0.05) is 19.9 Å². The summed E-state index contributed by atoms with van der Waals surface area (Å²) in [5.41, 5.74) is 2.39. The third-order valence-corrected chi connectivity index (χ3v) is 3.31. The average molecular weight is 286 g/mol. The second kappa shape index (κ2) is 6.26. The van der Waals surface area contributed by atoms with E-state index < -0.39 is 0 Å². The molecule has 2 nitrogen and oxygen atoms in total. The first kappa shape index (κ1) is 13.5. The van der Waals surface area contributed by atoms with E-state index in [9.17, 15) is 0 Å². The molecule has 90 valence electrons. The topological polar surface area (TPSA) is 21.3 Å². The summed E-state index contributed by atoms with van der Waals surface area (Å²) in [4.78, 5) is 0. The Hall–Kier alpha value is -0.540. The van der Waals surface area contributed by atoms with Crippen molar-refractivity contribution in [3.8, 4) is 0 Å². The van der Waals surface area contributed by atoms with E-state index in [0.717, 1.165) is 16.8 Å². The van der Waals surface area contributed by atoms with Crippen LogP contribution in [0.15, 0.2) is 22.7 Å². The second-order valence-corrected chi connectivity index (χ2v) is 5.29. The van der Waals surface area contributed by atoms with Gasteiger partial charge < -0.3 is 10.1 Å². The van der Waals surface area contributed by atoms with Crippen LogP contribution in [0.4, 0.5) is 5.69 Å². The lowest BCUT2D eigenvalue weighted by molar-refractivity contribution is 0.171. The van der Waals surface area contributed by atoms with Gasteiger partial charge in [0.05, 0.1) is 12.6 Å². The molecule has 1 aromatic carbocycles. The van der Waals surface area contributed by atoms with E-state index in [-0.39, 0.29) is 0 Å². The van der Waals surface area contributed by atoms with Crippen LogP contribution >= 0.6 is 15.9 Å². The van der Waals surface area contributed by atoms with Crippen molar-refractivity contribution in [3.05, 3.63) is 28.2 Å². The Kier molecular flexibility index (Phi) is 5.29. The minimum atomic E-state index is 0.336. The maximum absolute atomic E-state index is 5.23. The van der Waals surface area contributed by atoms with Crippen LogP contribution in [-0.2, 0) is 4.74 Å². The van der Waals surface area contributed by atoms with Crippen LogP contribution in [0.5, 0.6) is 0 Å². The molecule has 0 bridgehead atoms. The Bertz CT molecular complexity index is 339. The van der Waals surface area contributed by atoms with Gasteiger partial charge in [-0.3, -0.25) is 0 Å². The highest BCUT2D eigenvalue weighted by atomic mass is 79.9. The number of hydrogen-bond donors (Lipinski definition) is 1. The van der Waals surface area contributed by atoms with Gasteiger partial charge in [0.15, 0.2) is 0 Å². The molecule has 0 aliphatic rings. The molecule has 0 saturated heterocycles. The van der Waals surface area contributed by atoms with E-state index in [2.05, 4.69) is 60.2 Å². The summed E-state index contributed by atoms with van der Waals surface area (Å²) in [5.74, 6) is 0.535. The monoisotopic (exact) mass is 285 g/mol. The summed E-state index contributed by atoms with van der Waals surface area (Å²) in [6.07, 6.45) is 0. The van der Waals surface area contributed by atoms with Crippen molar-refractivity contribution in [1.82, 2.24) is 0 Å². The molecule has 3 heteroatoms. The minimum absolute atomic E-state index is 0.336. The molecule has 0 saturated carbocycles. The summed E-state index contributed by atoms with van der Waals surface area (Å²) in [5, 5.41) is 3.52. The number of aryl methyl sites for hydroxylation is 1. The van der Waals surface area contributed by atoms with Gasteiger partial charge in [0, 0.05) is 17.3 Å². The van der Waals surface area contributed by atoms with Crippen molar-refractivity contribution in [3.63, 3.8) is 0 Å². The van der Waals surface area contributed by atoms with Crippen LogP contribution < -0.4 is 5.32 Å². The molecule has 0 aliphatic carbocycles. The molecule has 1 rings (SSSR count). The molecule has 0 aromatic heterocycles. The van der Waals surface area contributed by atoms with E-state index in [0.29, 0.717) is 12.0 Å². The van der Waals surface area contributed by atoms with Crippen molar-refractivity contribution >= 4 is 21.6 Å². The van der Waals surface area contributed by atoms with Crippen molar-refractivity contribution < 1.29 is 4.74 Å². The number of methoxy groups -OCH3 is 1. The summed E-state index contributed by atoms with van der Waals surface area (Å²) in [6, 6.07) is 6.65. The quantitative estimate of drug-likeness (QED) is 0.888. The SMILES string of the molecule is COCC(Nc1cc(C)ccc1Br)C(C)C. The molecule has 0 radical (unpaired) electrons. The van der Waals surface area contributed by atoms with Crippen LogP contribution in [0.25, 0.3) is 0 Å². The summed E-state index contributed by atoms with van der Waals surface area (Å²) in [6.45, 7) is 7.21. The maximum atomic E-state index is 5.23. The molecule has 16 heavy (non-hydrogen) atoms. The molecule has 1 aromatic rings. The Morgan fingerprint density at radius 3 is 2.62 bits per heavy atom. The standard InChI is InChI=1S/C13H20BrNO/c1-9(2)13(8-16-4)15-12-7-10(3)5-6-11(12)14/h5-7,9,13,15H,8H2,1-4H3. The minimum Gasteiger partial charge on any atom is -0.383 e. The molecular weight excluding hydrogens is 266 g/mol. The zero-order chi connectivity index (χ0) is 12.1. The lowest BCUT2D eigenvalue weighted by Crippen LogP contribution is -2.30. The first-order valence-corrected chi connectivity index (χ1v) is 6.35. The number of rotatable bonds is 5. The maximum Gasteiger partial charge on any atom is 0.0666 e. The lowest BCUT2D eigenvalue weighted by Gasteiger charge is -2.23. The number of nitrogens with one attached hydrogen (secondary N) is 1. The predicted octanol–water partition coefficient (Wildman–Crippen LogP) is 3.84. The first-order valence-electron chi connectivity index (χ1n) is 5.56. The molecule has 1 unspecified atom stereocenters. The summed E-state index contributed by atoms with van der Waals surface area (Å²) < 4.78 is 6.33. The largest absolute Gasteiger partial charge is 0.383 e. The predicted molar refractivity (Wildman–Crippen MR) is 73.0 cm³/mol. The Balaban J connectivity index is 2.80. The Morgan fingerprint density at radius 1 is 1.38 bits per heavy atom. The van der Waals surface area contributed by atoms with Crippen molar-refractivity contribution in [2.75, 3.05) is 19.0 Å². The molecule has 0 spiro atoms. The van der Waals surface area contributed by atoms with Crippen LogP contribution in [0, 0.1) is 12.8 Å². The molecule has 1 N–H and O–H groups in total. The van der Waals surface area contributed by atoms with Gasteiger partial charge in [-0.15, -0.1) is 0 Å². The smallest absolute Gasteiger partial charge is 0.0666 e. The van der Waals surface area contributed by atoms with Crippen LogP contribution in [-0.4, -0.2) is 19.8 Å². The van der Waals surface area contributed by atoms with Gasteiger partial charge in [-0.05, 0) is 46.5 Å². The molecule has 0 fully saturated rings. The van der Waals surface area contributed by atoms with E-state index in [1.807, 2.05) is 0 Å². The summed E-state index contributed by atoms with van der Waals surface area (Å²) in [7, 11) is 1.74. The normalized spacial score (nSPS) is 12.9. The van der Waals surface area contributed by atoms with Gasteiger partial charge in [-0.2, -0.15) is 0 Å². The highest BCUT2D eigenvalue weighted by Gasteiger charge is 2.13.